The van der Waals surface area contributed by atoms with E-state index in [0.717, 1.165) is 36.2 Å². The van der Waals surface area contributed by atoms with E-state index in [1.807, 2.05) is 48.8 Å². The molecule has 25 heavy (non-hydrogen) atoms. The van der Waals surface area contributed by atoms with Gasteiger partial charge in [-0.25, -0.2) is 4.98 Å². The number of aryl methyl sites for hydroxylation is 1. The Morgan fingerprint density at radius 1 is 1.24 bits per heavy atom. The number of aromatic nitrogens is 3. The Bertz CT molecular complexity index is 773. The molecule has 0 radical (unpaired) electrons. The van der Waals surface area contributed by atoms with Crippen LogP contribution in [0.2, 0.25) is 0 Å². The van der Waals surface area contributed by atoms with Crippen molar-refractivity contribution in [2.24, 2.45) is 5.92 Å². The molecule has 3 aromatic rings. The van der Waals surface area contributed by atoms with E-state index >= 15 is 0 Å². The molecule has 3 rings (SSSR count). The van der Waals surface area contributed by atoms with Crippen molar-refractivity contribution in [2.75, 3.05) is 0 Å². The molecular weight excluding hydrogens is 312 g/mol. The molecule has 5 heteroatoms. The zero-order chi connectivity index (χ0) is 17.6. The van der Waals surface area contributed by atoms with E-state index in [-0.39, 0.29) is 11.9 Å². The van der Waals surface area contributed by atoms with Gasteiger partial charge in [0.25, 0.3) is 0 Å². The molecule has 2 unspecified atom stereocenters. The third kappa shape index (κ3) is 4.29. The lowest BCUT2D eigenvalue weighted by atomic mass is 9.98. The van der Waals surface area contributed by atoms with Gasteiger partial charge >= 0.3 is 0 Å². The average molecular weight is 338 g/mol. The number of fused-ring (bicyclic) bond motifs is 1. The number of carbonyl (C=O) groups excluding carboxylic acids is 1. The van der Waals surface area contributed by atoms with E-state index < -0.39 is 0 Å². The van der Waals surface area contributed by atoms with Gasteiger partial charge in [0, 0.05) is 25.4 Å². The summed E-state index contributed by atoms with van der Waals surface area (Å²) in [6.07, 6.45) is 6.37. The number of nitrogens with one attached hydrogen (secondary N) is 2. The van der Waals surface area contributed by atoms with Crippen molar-refractivity contribution in [3.05, 3.63) is 54.6 Å². The lowest BCUT2D eigenvalue weighted by Gasteiger charge is -2.22. The van der Waals surface area contributed by atoms with Crippen molar-refractivity contribution in [3.8, 4) is 0 Å². The number of H-pyrrole nitrogens is 1. The molecule has 0 saturated carbocycles. The van der Waals surface area contributed by atoms with Gasteiger partial charge in [-0.2, -0.15) is 0 Å². The van der Waals surface area contributed by atoms with E-state index in [0.29, 0.717) is 12.3 Å². The Morgan fingerprint density at radius 2 is 2.00 bits per heavy atom. The standard InChI is InChI=1S/C20H26N4O/c1-3-15(2)19(20-21-16-9-4-5-10-17(16)22-20)23-18(25)11-8-14-24-12-6-7-13-24/h4-7,9-10,12-13,15,19H,3,8,11,14H2,1-2H3,(H,21,22)(H,23,25). The quantitative estimate of drug-likeness (QED) is 0.651. The highest BCUT2D eigenvalue weighted by molar-refractivity contribution is 5.77. The van der Waals surface area contributed by atoms with Crippen molar-refractivity contribution in [3.63, 3.8) is 0 Å². The molecule has 0 aliphatic heterocycles. The highest BCUT2D eigenvalue weighted by Gasteiger charge is 2.23. The Kier molecular flexibility index (Phi) is 5.53. The third-order valence-electron chi connectivity index (χ3n) is 4.72. The van der Waals surface area contributed by atoms with Crippen LogP contribution in [0.15, 0.2) is 48.8 Å². The topological polar surface area (TPSA) is 62.7 Å². The zero-order valence-electron chi connectivity index (χ0n) is 14.9. The predicted molar refractivity (Wildman–Crippen MR) is 100 cm³/mol. The first-order valence-corrected chi connectivity index (χ1v) is 9.02. The number of rotatable bonds is 8. The van der Waals surface area contributed by atoms with Crippen molar-refractivity contribution in [2.45, 2.75) is 45.7 Å². The largest absolute Gasteiger partial charge is 0.354 e. The van der Waals surface area contributed by atoms with Crippen molar-refractivity contribution in [1.82, 2.24) is 19.9 Å². The minimum absolute atomic E-state index is 0.0814. The van der Waals surface area contributed by atoms with Crippen LogP contribution in [0.4, 0.5) is 0 Å². The number of para-hydroxylation sites is 2. The molecule has 0 aliphatic rings. The van der Waals surface area contributed by atoms with Gasteiger partial charge in [-0.05, 0) is 36.6 Å². The molecule has 2 N–H and O–H groups in total. The van der Waals surface area contributed by atoms with Gasteiger partial charge in [0.05, 0.1) is 17.1 Å². The highest BCUT2D eigenvalue weighted by atomic mass is 16.1. The molecule has 1 amide bonds. The number of hydrogen-bond donors (Lipinski definition) is 2. The lowest BCUT2D eigenvalue weighted by molar-refractivity contribution is -0.122. The van der Waals surface area contributed by atoms with E-state index in [9.17, 15) is 4.79 Å². The third-order valence-corrected chi connectivity index (χ3v) is 4.72. The smallest absolute Gasteiger partial charge is 0.220 e. The maximum Gasteiger partial charge on any atom is 0.220 e. The average Bonchev–Trinajstić information content (AvgIpc) is 3.28. The molecule has 2 atom stereocenters. The van der Waals surface area contributed by atoms with E-state index in [4.69, 9.17) is 0 Å². The molecule has 0 fully saturated rings. The summed E-state index contributed by atoms with van der Waals surface area (Å²) in [5, 5.41) is 3.18. The van der Waals surface area contributed by atoms with Crippen molar-refractivity contribution < 1.29 is 4.79 Å². The van der Waals surface area contributed by atoms with Crippen LogP contribution in [0.5, 0.6) is 0 Å². The molecule has 0 bridgehead atoms. The van der Waals surface area contributed by atoms with Gasteiger partial charge in [0.1, 0.15) is 5.82 Å². The van der Waals surface area contributed by atoms with Gasteiger partial charge in [-0.3, -0.25) is 4.79 Å². The number of carbonyl (C=O) groups is 1. The summed E-state index contributed by atoms with van der Waals surface area (Å²) < 4.78 is 2.10. The minimum atomic E-state index is -0.0866. The van der Waals surface area contributed by atoms with Crippen LogP contribution in [0, 0.1) is 5.92 Å². The maximum atomic E-state index is 12.4. The van der Waals surface area contributed by atoms with Crippen molar-refractivity contribution >= 4 is 16.9 Å². The van der Waals surface area contributed by atoms with Gasteiger partial charge in [-0.1, -0.05) is 32.4 Å². The zero-order valence-corrected chi connectivity index (χ0v) is 14.9. The minimum Gasteiger partial charge on any atom is -0.354 e. The number of hydrogen-bond acceptors (Lipinski definition) is 2. The number of nitrogens with zero attached hydrogens (tertiary/aromatic N) is 2. The first-order chi connectivity index (χ1) is 12.2. The fourth-order valence-corrected chi connectivity index (χ4v) is 3.02. The predicted octanol–water partition coefficient (Wildman–Crippen LogP) is 4.05. The first-order valence-electron chi connectivity index (χ1n) is 9.02. The second kappa shape index (κ2) is 8.01. The van der Waals surface area contributed by atoms with Crippen LogP contribution in [0.3, 0.4) is 0 Å². The number of aromatic amines is 1. The SMILES string of the molecule is CCC(C)C(NC(=O)CCCn1cccc1)c1nc2ccccc2[nH]1. The summed E-state index contributed by atoms with van der Waals surface area (Å²) in [6.45, 7) is 5.15. The lowest BCUT2D eigenvalue weighted by Crippen LogP contribution is -2.33. The summed E-state index contributed by atoms with van der Waals surface area (Å²) in [6, 6.07) is 11.9. The van der Waals surface area contributed by atoms with E-state index in [1.54, 1.807) is 0 Å². The summed E-state index contributed by atoms with van der Waals surface area (Å²) in [5.41, 5.74) is 1.94. The molecule has 2 heterocycles. The molecule has 132 valence electrons. The Hall–Kier alpha value is -2.56. The van der Waals surface area contributed by atoms with Crippen LogP contribution < -0.4 is 5.32 Å². The van der Waals surface area contributed by atoms with E-state index in [1.165, 1.54) is 0 Å². The van der Waals surface area contributed by atoms with Crippen LogP contribution in [0.1, 0.15) is 45.0 Å². The van der Waals surface area contributed by atoms with Gasteiger partial charge in [0.2, 0.25) is 5.91 Å². The summed E-state index contributed by atoms with van der Waals surface area (Å²) >= 11 is 0. The Balaban J connectivity index is 1.64. The summed E-state index contributed by atoms with van der Waals surface area (Å²) in [5.74, 6) is 1.24. The van der Waals surface area contributed by atoms with Crippen LogP contribution >= 0.6 is 0 Å². The Morgan fingerprint density at radius 3 is 2.72 bits per heavy atom. The van der Waals surface area contributed by atoms with Crippen molar-refractivity contribution in [1.29, 1.82) is 0 Å². The maximum absolute atomic E-state index is 12.4. The fourth-order valence-electron chi connectivity index (χ4n) is 3.02. The number of amides is 1. The normalized spacial score (nSPS) is 13.7. The van der Waals surface area contributed by atoms with Crippen LogP contribution in [-0.2, 0) is 11.3 Å². The second-order valence-corrected chi connectivity index (χ2v) is 6.59. The number of benzene rings is 1. The van der Waals surface area contributed by atoms with Gasteiger partial charge in [0.15, 0.2) is 0 Å². The molecule has 0 aliphatic carbocycles. The Labute approximate surface area is 148 Å². The van der Waals surface area contributed by atoms with Gasteiger partial charge in [-0.15, -0.1) is 0 Å². The molecule has 2 aromatic heterocycles. The molecule has 0 spiro atoms. The highest BCUT2D eigenvalue weighted by Crippen LogP contribution is 2.24. The molecule has 0 saturated heterocycles. The first kappa shape index (κ1) is 17.3. The second-order valence-electron chi connectivity index (χ2n) is 6.59. The van der Waals surface area contributed by atoms with Crippen LogP contribution in [0.25, 0.3) is 11.0 Å². The molecule has 1 aromatic carbocycles. The fraction of sp³-hybridized carbons (Fsp3) is 0.400. The molecular formula is C20H26N4O. The molecule has 5 nitrogen and oxygen atoms in total. The summed E-state index contributed by atoms with van der Waals surface area (Å²) in [4.78, 5) is 20.5. The van der Waals surface area contributed by atoms with E-state index in [2.05, 4.69) is 33.7 Å². The van der Waals surface area contributed by atoms with Crippen LogP contribution in [-0.4, -0.2) is 20.4 Å². The monoisotopic (exact) mass is 338 g/mol. The number of imidazole rings is 1. The summed E-state index contributed by atoms with van der Waals surface area (Å²) in [7, 11) is 0. The van der Waals surface area contributed by atoms with Gasteiger partial charge < -0.3 is 14.9 Å².